The summed E-state index contributed by atoms with van der Waals surface area (Å²) < 4.78 is 5.94. The van der Waals surface area contributed by atoms with Gasteiger partial charge in [-0.3, -0.25) is 0 Å². The highest BCUT2D eigenvalue weighted by Crippen LogP contribution is 2.34. The van der Waals surface area contributed by atoms with Crippen molar-refractivity contribution in [3.05, 3.63) is 29.8 Å². The fraction of sp³-hybridized carbons (Fsp3) is 0.667. The van der Waals surface area contributed by atoms with Gasteiger partial charge in [0.25, 0.3) is 0 Å². The molecule has 1 saturated carbocycles. The number of thioether (sulfide) groups is 1. The molecule has 3 heteroatoms. The first-order valence-electron chi connectivity index (χ1n) is 8.41. The summed E-state index contributed by atoms with van der Waals surface area (Å²) in [6.07, 6.45) is 6.69. The highest BCUT2D eigenvalue weighted by atomic mass is 32.2. The molecule has 0 saturated heterocycles. The normalized spacial score (nSPS) is 17.0. The van der Waals surface area contributed by atoms with Gasteiger partial charge in [0.05, 0.1) is 6.61 Å². The molecule has 1 fully saturated rings. The van der Waals surface area contributed by atoms with Gasteiger partial charge in [0.15, 0.2) is 0 Å². The quantitative estimate of drug-likeness (QED) is 0.708. The van der Waals surface area contributed by atoms with Crippen LogP contribution in [0.25, 0.3) is 0 Å². The van der Waals surface area contributed by atoms with E-state index in [1.54, 1.807) is 0 Å². The van der Waals surface area contributed by atoms with Crippen molar-refractivity contribution in [1.82, 2.24) is 5.32 Å². The van der Waals surface area contributed by atoms with Crippen LogP contribution >= 0.6 is 11.8 Å². The van der Waals surface area contributed by atoms with Crippen LogP contribution in [0, 0.1) is 0 Å². The first kappa shape index (κ1) is 16.7. The maximum Gasteiger partial charge on any atom is 0.124 e. The van der Waals surface area contributed by atoms with Crippen LogP contribution in [-0.4, -0.2) is 24.2 Å². The van der Waals surface area contributed by atoms with E-state index in [-0.39, 0.29) is 0 Å². The third-order valence-corrected chi connectivity index (χ3v) is 5.48. The average molecular weight is 308 g/mol. The van der Waals surface area contributed by atoms with Crippen molar-refractivity contribution >= 4 is 11.8 Å². The van der Waals surface area contributed by atoms with E-state index in [0.29, 0.717) is 6.04 Å². The third-order valence-electron chi connectivity index (χ3n) is 4.01. The van der Waals surface area contributed by atoms with Crippen molar-refractivity contribution in [1.29, 1.82) is 0 Å². The Kier molecular flexibility index (Phi) is 7.45. The molecular weight excluding hydrogens is 278 g/mol. The van der Waals surface area contributed by atoms with Crippen molar-refractivity contribution in [3.63, 3.8) is 0 Å². The molecule has 1 N–H and O–H groups in total. The summed E-state index contributed by atoms with van der Waals surface area (Å²) in [7, 11) is 0. The summed E-state index contributed by atoms with van der Waals surface area (Å²) >= 11 is 2.14. The second-order valence-corrected chi connectivity index (χ2v) is 7.07. The van der Waals surface area contributed by atoms with Gasteiger partial charge in [0, 0.05) is 22.6 Å². The van der Waals surface area contributed by atoms with Gasteiger partial charge in [-0.1, -0.05) is 44.9 Å². The van der Waals surface area contributed by atoms with E-state index in [2.05, 4.69) is 55.2 Å². The molecule has 0 aliphatic heterocycles. The van der Waals surface area contributed by atoms with Gasteiger partial charge in [-0.25, -0.2) is 0 Å². The monoisotopic (exact) mass is 307 g/mol. The molecule has 0 aromatic heterocycles. The zero-order valence-corrected chi connectivity index (χ0v) is 14.3. The second-order valence-electron chi connectivity index (χ2n) is 5.74. The molecule has 0 amide bonds. The maximum absolute atomic E-state index is 5.94. The van der Waals surface area contributed by atoms with Gasteiger partial charge >= 0.3 is 0 Å². The van der Waals surface area contributed by atoms with E-state index in [0.717, 1.165) is 36.3 Å². The molecule has 0 bridgehead atoms. The zero-order valence-electron chi connectivity index (χ0n) is 13.4. The number of nitrogens with one attached hydrogen (secondary N) is 1. The highest BCUT2D eigenvalue weighted by Gasteiger charge is 2.20. The Labute approximate surface area is 134 Å². The Morgan fingerprint density at radius 3 is 2.71 bits per heavy atom. The Balaban J connectivity index is 2.01. The van der Waals surface area contributed by atoms with Gasteiger partial charge in [0.1, 0.15) is 5.75 Å². The van der Waals surface area contributed by atoms with Gasteiger partial charge in [0.2, 0.25) is 0 Å². The van der Waals surface area contributed by atoms with Crippen LogP contribution in [0.1, 0.15) is 57.6 Å². The first-order chi connectivity index (χ1) is 10.3. The molecule has 0 spiro atoms. The van der Waals surface area contributed by atoms with Crippen LogP contribution in [0.4, 0.5) is 0 Å². The van der Waals surface area contributed by atoms with Crippen LogP contribution in [0.2, 0.25) is 0 Å². The molecule has 118 valence electrons. The van der Waals surface area contributed by atoms with Crippen molar-refractivity contribution in [2.75, 3.05) is 18.9 Å². The molecule has 1 aliphatic rings. The summed E-state index contributed by atoms with van der Waals surface area (Å²) in [6, 6.07) is 8.91. The lowest BCUT2D eigenvalue weighted by molar-refractivity contribution is 0.311. The summed E-state index contributed by atoms with van der Waals surface area (Å²) in [5, 5.41) is 4.51. The van der Waals surface area contributed by atoms with Crippen LogP contribution < -0.4 is 10.1 Å². The Bertz CT molecular complexity index is 404. The Morgan fingerprint density at radius 1 is 1.24 bits per heavy atom. The average Bonchev–Trinajstić information content (AvgIpc) is 3.03. The minimum atomic E-state index is 0.397. The predicted octanol–water partition coefficient (Wildman–Crippen LogP) is 4.80. The summed E-state index contributed by atoms with van der Waals surface area (Å²) in [6.45, 7) is 6.13. The van der Waals surface area contributed by atoms with E-state index in [9.17, 15) is 0 Å². The lowest BCUT2D eigenvalue weighted by Crippen LogP contribution is -2.24. The number of ether oxygens (including phenoxy) is 1. The molecular formula is C18H29NOS. The van der Waals surface area contributed by atoms with Crippen LogP contribution in [0.15, 0.2) is 24.3 Å². The zero-order chi connectivity index (χ0) is 14.9. The molecule has 0 heterocycles. The van der Waals surface area contributed by atoms with Crippen LogP contribution in [-0.2, 0) is 0 Å². The van der Waals surface area contributed by atoms with Crippen LogP contribution in [0.5, 0.6) is 5.75 Å². The topological polar surface area (TPSA) is 21.3 Å². The van der Waals surface area contributed by atoms with E-state index < -0.39 is 0 Å². The van der Waals surface area contributed by atoms with Crippen molar-refractivity contribution < 1.29 is 4.74 Å². The van der Waals surface area contributed by atoms with E-state index in [1.807, 2.05) is 0 Å². The standard InChI is InChI=1S/C18H29NOS/c1-3-13-20-18-12-8-7-11-16(18)17(19-4-2)14-21-15-9-5-6-10-15/h7-8,11-12,15,17,19H,3-6,9-10,13-14H2,1-2H3. The van der Waals surface area contributed by atoms with E-state index >= 15 is 0 Å². The van der Waals surface area contributed by atoms with E-state index in [1.165, 1.54) is 31.2 Å². The number of para-hydroxylation sites is 1. The lowest BCUT2D eigenvalue weighted by atomic mass is 10.1. The number of benzene rings is 1. The lowest BCUT2D eigenvalue weighted by Gasteiger charge is -2.22. The van der Waals surface area contributed by atoms with E-state index in [4.69, 9.17) is 4.74 Å². The largest absolute Gasteiger partial charge is 0.493 e. The molecule has 2 rings (SSSR count). The number of rotatable bonds is 9. The van der Waals surface area contributed by atoms with Gasteiger partial charge in [-0.2, -0.15) is 11.8 Å². The number of hydrogen-bond donors (Lipinski definition) is 1. The first-order valence-corrected chi connectivity index (χ1v) is 9.46. The molecule has 21 heavy (non-hydrogen) atoms. The Morgan fingerprint density at radius 2 is 2.00 bits per heavy atom. The predicted molar refractivity (Wildman–Crippen MR) is 93.4 cm³/mol. The SMILES string of the molecule is CCCOc1ccccc1C(CSC1CCCC1)NCC. The maximum atomic E-state index is 5.94. The summed E-state index contributed by atoms with van der Waals surface area (Å²) in [4.78, 5) is 0. The number of hydrogen-bond acceptors (Lipinski definition) is 3. The second kappa shape index (κ2) is 9.37. The minimum Gasteiger partial charge on any atom is -0.493 e. The molecule has 1 unspecified atom stereocenters. The molecule has 1 aliphatic carbocycles. The summed E-state index contributed by atoms with van der Waals surface area (Å²) in [5.41, 5.74) is 1.32. The van der Waals surface area contributed by atoms with Gasteiger partial charge < -0.3 is 10.1 Å². The molecule has 1 atom stereocenters. The molecule has 2 nitrogen and oxygen atoms in total. The fourth-order valence-electron chi connectivity index (χ4n) is 2.90. The Hall–Kier alpha value is -0.670. The van der Waals surface area contributed by atoms with Gasteiger partial charge in [-0.05, 0) is 31.9 Å². The molecule has 1 aromatic rings. The highest BCUT2D eigenvalue weighted by molar-refractivity contribution is 7.99. The van der Waals surface area contributed by atoms with Crippen LogP contribution in [0.3, 0.4) is 0 Å². The molecule has 1 aromatic carbocycles. The van der Waals surface area contributed by atoms with Crippen molar-refractivity contribution in [3.8, 4) is 5.75 Å². The molecule has 0 radical (unpaired) electrons. The van der Waals surface area contributed by atoms with Gasteiger partial charge in [-0.15, -0.1) is 0 Å². The minimum absolute atomic E-state index is 0.397. The van der Waals surface area contributed by atoms with Crippen molar-refractivity contribution in [2.24, 2.45) is 0 Å². The smallest absolute Gasteiger partial charge is 0.124 e. The fourth-order valence-corrected chi connectivity index (χ4v) is 4.33. The third kappa shape index (κ3) is 5.23. The summed E-state index contributed by atoms with van der Waals surface area (Å²) in [5.74, 6) is 2.20. The van der Waals surface area contributed by atoms with Crippen molar-refractivity contribution in [2.45, 2.75) is 57.2 Å².